The van der Waals surface area contributed by atoms with Crippen molar-refractivity contribution in [2.75, 3.05) is 0 Å². The number of carboxylic acids is 1. The highest BCUT2D eigenvalue weighted by Gasteiger charge is 2.20. The number of H-pyrrole nitrogens is 1. The van der Waals surface area contributed by atoms with Gasteiger partial charge < -0.3 is 9.67 Å². The number of aryl methyl sites for hydroxylation is 1. The van der Waals surface area contributed by atoms with Crippen molar-refractivity contribution in [3.8, 4) is 22.5 Å². The summed E-state index contributed by atoms with van der Waals surface area (Å²) in [6, 6.07) is 16.2. The topological polar surface area (TPSA) is 110 Å². The molecule has 5 aromatic rings. The van der Waals surface area contributed by atoms with Crippen molar-refractivity contribution in [1.82, 2.24) is 30.2 Å². The van der Waals surface area contributed by atoms with E-state index in [9.17, 15) is 9.90 Å². The highest BCUT2D eigenvalue weighted by atomic mass is 32.1. The Morgan fingerprint density at radius 3 is 2.59 bits per heavy atom. The van der Waals surface area contributed by atoms with Gasteiger partial charge in [0.2, 0.25) is 5.82 Å². The van der Waals surface area contributed by atoms with Gasteiger partial charge in [-0.15, -0.1) is 21.5 Å². The summed E-state index contributed by atoms with van der Waals surface area (Å²) >= 11 is 1.23. The van der Waals surface area contributed by atoms with Crippen molar-refractivity contribution in [3.63, 3.8) is 0 Å². The molecule has 3 aromatic heterocycles. The lowest BCUT2D eigenvalue weighted by atomic mass is 9.98. The van der Waals surface area contributed by atoms with Gasteiger partial charge in [0.15, 0.2) is 0 Å². The maximum Gasteiger partial charge on any atom is 0.348 e. The molecule has 0 atom stereocenters. The van der Waals surface area contributed by atoms with Gasteiger partial charge in [-0.25, -0.2) is 9.78 Å². The third-order valence-electron chi connectivity index (χ3n) is 5.36. The van der Waals surface area contributed by atoms with Crippen molar-refractivity contribution >= 4 is 28.3 Å². The summed E-state index contributed by atoms with van der Waals surface area (Å²) in [4.78, 5) is 16.8. The van der Waals surface area contributed by atoms with E-state index in [2.05, 4.69) is 51.8 Å². The number of carboxylic acid groups (broad SMARTS) is 1. The van der Waals surface area contributed by atoms with E-state index in [0.717, 1.165) is 46.4 Å². The summed E-state index contributed by atoms with van der Waals surface area (Å²) in [6.45, 7) is 2.66. The van der Waals surface area contributed by atoms with Crippen LogP contribution in [0, 0.1) is 0 Å². The predicted octanol–water partition coefficient (Wildman–Crippen LogP) is 4.64. The number of aromatic carboxylic acids is 1. The van der Waals surface area contributed by atoms with Gasteiger partial charge >= 0.3 is 5.97 Å². The number of aromatic nitrogens is 6. The first kappa shape index (κ1) is 20.1. The van der Waals surface area contributed by atoms with Gasteiger partial charge in [-0.1, -0.05) is 55.5 Å². The number of benzene rings is 2. The summed E-state index contributed by atoms with van der Waals surface area (Å²) in [5, 5.41) is 25.8. The van der Waals surface area contributed by atoms with Crippen molar-refractivity contribution in [2.45, 2.75) is 26.3 Å². The van der Waals surface area contributed by atoms with Crippen LogP contribution in [0.5, 0.6) is 0 Å². The number of hydrogen-bond donors (Lipinski definition) is 2. The molecule has 3 heterocycles. The molecule has 0 fully saturated rings. The Hall–Kier alpha value is -3.85. The molecule has 0 radical (unpaired) electrons. The second-order valence-electron chi connectivity index (χ2n) is 7.45. The zero-order valence-electron chi connectivity index (χ0n) is 17.3. The standard InChI is InChI=1S/C23H20N6O2S/c1-2-5-19-24-18-13-32-21(23(30)31)20(18)29(19)12-14-8-10-15(11-9-14)16-6-3-4-7-17(16)22-25-27-28-26-22/h3-4,6-11,13H,2,5,12H2,1H3,(H,30,31)(H,25,26,27,28). The minimum Gasteiger partial charge on any atom is -0.477 e. The number of thiophene rings is 1. The Bertz CT molecular complexity index is 1390. The molecule has 0 amide bonds. The fourth-order valence-corrected chi connectivity index (χ4v) is 4.75. The molecule has 0 aliphatic heterocycles. The SMILES string of the molecule is CCCc1nc2csc(C(=O)O)c2n1Cc1ccc(-c2ccccc2-c2nn[nH]n2)cc1. The molecule has 0 saturated heterocycles. The van der Waals surface area contributed by atoms with E-state index in [-0.39, 0.29) is 0 Å². The van der Waals surface area contributed by atoms with Gasteiger partial charge in [-0.2, -0.15) is 5.21 Å². The monoisotopic (exact) mass is 444 g/mol. The largest absolute Gasteiger partial charge is 0.477 e. The molecule has 2 aromatic carbocycles. The number of hydrogen-bond acceptors (Lipinski definition) is 6. The van der Waals surface area contributed by atoms with E-state index in [1.54, 1.807) is 0 Å². The molecule has 0 aliphatic carbocycles. The first-order valence-corrected chi connectivity index (χ1v) is 11.2. The molecule has 0 bridgehead atoms. The minimum absolute atomic E-state index is 0.334. The minimum atomic E-state index is -0.914. The first-order valence-electron chi connectivity index (χ1n) is 10.3. The summed E-state index contributed by atoms with van der Waals surface area (Å²) in [5.74, 6) is 0.551. The summed E-state index contributed by atoms with van der Waals surface area (Å²) in [5.41, 5.74) is 5.49. The van der Waals surface area contributed by atoms with Crippen LogP contribution in [0.2, 0.25) is 0 Å². The summed E-state index contributed by atoms with van der Waals surface area (Å²) < 4.78 is 2.04. The number of imidazole rings is 1. The number of nitrogens with one attached hydrogen (secondary N) is 1. The van der Waals surface area contributed by atoms with E-state index < -0.39 is 5.97 Å². The molecule has 8 nitrogen and oxygen atoms in total. The number of rotatable bonds is 7. The van der Waals surface area contributed by atoms with Crippen LogP contribution in [0.4, 0.5) is 0 Å². The lowest BCUT2D eigenvalue weighted by molar-refractivity contribution is 0.0703. The van der Waals surface area contributed by atoms with Crippen molar-refractivity contribution in [1.29, 1.82) is 0 Å². The van der Waals surface area contributed by atoms with E-state index >= 15 is 0 Å². The fraction of sp³-hybridized carbons (Fsp3) is 0.174. The summed E-state index contributed by atoms with van der Waals surface area (Å²) in [6.07, 6.45) is 1.74. The van der Waals surface area contributed by atoms with E-state index in [0.29, 0.717) is 22.8 Å². The van der Waals surface area contributed by atoms with Crippen molar-refractivity contribution in [3.05, 3.63) is 70.2 Å². The van der Waals surface area contributed by atoms with E-state index in [1.165, 1.54) is 11.3 Å². The Labute approximate surface area is 187 Å². The zero-order chi connectivity index (χ0) is 22.1. The van der Waals surface area contributed by atoms with Crippen LogP contribution in [0.25, 0.3) is 33.5 Å². The maximum atomic E-state index is 11.7. The number of nitrogens with zero attached hydrogens (tertiary/aromatic N) is 5. The highest BCUT2D eigenvalue weighted by molar-refractivity contribution is 7.13. The van der Waals surface area contributed by atoms with Crippen LogP contribution in [0.3, 0.4) is 0 Å². The third-order valence-corrected chi connectivity index (χ3v) is 6.31. The third kappa shape index (κ3) is 3.56. The Kier molecular flexibility index (Phi) is 5.24. The van der Waals surface area contributed by atoms with Crippen LogP contribution in [-0.4, -0.2) is 41.3 Å². The fourth-order valence-electron chi connectivity index (χ4n) is 3.93. The van der Waals surface area contributed by atoms with Crippen LogP contribution in [0.15, 0.2) is 53.9 Å². The van der Waals surface area contributed by atoms with Gasteiger partial charge in [0.25, 0.3) is 0 Å². The molecular formula is C23H20N6O2S. The maximum absolute atomic E-state index is 11.7. The number of aromatic amines is 1. The quantitative estimate of drug-likeness (QED) is 0.378. The van der Waals surface area contributed by atoms with Crippen molar-refractivity contribution < 1.29 is 9.90 Å². The lowest BCUT2D eigenvalue weighted by Crippen LogP contribution is -2.07. The van der Waals surface area contributed by atoms with Gasteiger partial charge in [-0.05, 0) is 28.3 Å². The zero-order valence-corrected chi connectivity index (χ0v) is 18.1. The van der Waals surface area contributed by atoms with E-state index in [4.69, 9.17) is 4.98 Å². The average molecular weight is 445 g/mol. The van der Waals surface area contributed by atoms with Crippen LogP contribution < -0.4 is 0 Å². The van der Waals surface area contributed by atoms with Gasteiger partial charge in [-0.3, -0.25) is 0 Å². The van der Waals surface area contributed by atoms with Gasteiger partial charge in [0.05, 0.1) is 5.52 Å². The van der Waals surface area contributed by atoms with Crippen LogP contribution >= 0.6 is 11.3 Å². The molecule has 0 spiro atoms. The van der Waals surface area contributed by atoms with Gasteiger partial charge in [0, 0.05) is 23.9 Å². The lowest BCUT2D eigenvalue weighted by Gasteiger charge is -2.11. The number of tetrazole rings is 1. The Balaban J connectivity index is 1.50. The highest BCUT2D eigenvalue weighted by Crippen LogP contribution is 2.31. The predicted molar refractivity (Wildman–Crippen MR) is 123 cm³/mol. The molecular weight excluding hydrogens is 424 g/mol. The average Bonchev–Trinajstić information content (AvgIpc) is 3.53. The van der Waals surface area contributed by atoms with E-state index in [1.807, 2.05) is 34.2 Å². The van der Waals surface area contributed by atoms with Crippen LogP contribution in [0.1, 0.15) is 34.4 Å². The second kappa shape index (κ2) is 8.35. The Morgan fingerprint density at radius 2 is 1.91 bits per heavy atom. The summed E-state index contributed by atoms with van der Waals surface area (Å²) in [7, 11) is 0. The molecule has 0 saturated carbocycles. The van der Waals surface area contributed by atoms with Gasteiger partial charge in [0.1, 0.15) is 16.2 Å². The normalized spacial score (nSPS) is 11.3. The Morgan fingerprint density at radius 1 is 1.12 bits per heavy atom. The molecule has 0 unspecified atom stereocenters. The number of carbonyl (C=O) groups is 1. The molecule has 32 heavy (non-hydrogen) atoms. The number of fused-ring (bicyclic) bond motifs is 1. The molecule has 5 rings (SSSR count). The van der Waals surface area contributed by atoms with Crippen LogP contribution in [-0.2, 0) is 13.0 Å². The first-order chi connectivity index (χ1) is 15.7. The smallest absolute Gasteiger partial charge is 0.348 e. The molecule has 2 N–H and O–H groups in total. The molecule has 160 valence electrons. The second-order valence-corrected chi connectivity index (χ2v) is 8.33. The van der Waals surface area contributed by atoms with Crippen molar-refractivity contribution in [2.24, 2.45) is 0 Å². The molecule has 0 aliphatic rings. The molecule has 9 heteroatoms.